The minimum Gasteiger partial charge on any atom is -0.430 e. The van der Waals surface area contributed by atoms with Crippen molar-refractivity contribution in [1.82, 2.24) is 4.98 Å². The Morgan fingerprint density at radius 2 is 2.19 bits per heavy atom. The fourth-order valence-corrected chi connectivity index (χ4v) is 1.45. The van der Waals surface area contributed by atoms with Crippen LogP contribution in [-0.2, 0) is 9.47 Å². The van der Waals surface area contributed by atoms with Crippen molar-refractivity contribution in [3.8, 4) is 5.88 Å². The van der Waals surface area contributed by atoms with Crippen LogP contribution in [0, 0.1) is 0 Å². The summed E-state index contributed by atoms with van der Waals surface area (Å²) in [5.41, 5.74) is 0. The fourth-order valence-electron chi connectivity index (χ4n) is 1.45. The Kier molecular flexibility index (Phi) is 3.71. The van der Waals surface area contributed by atoms with Crippen LogP contribution in [0.4, 0.5) is 4.79 Å². The second-order valence-corrected chi connectivity index (χ2v) is 3.45. The summed E-state index contributed by atoms with van der Waals surface area (Å²) in [5.74, 6) is 0.250. The Bertz CT molecular complexity index is 335. The van der Waals surface area contributed by atoms with Gasteiger partial charge in [-0.3, -0.25) is 0 Å². The zero-order valence-corrected chi connectivity index (χ0v) is 8.80. The standard InChI is InChI=1S/C11H13NO4/c13-11(15-9-4-7-14-8-5-9)16-10-3-1-2-6-12-10/h1-3,6,9H,4-5,7-8H2. The molecule has 0 aliphatic carbocycles. The van der Waals surface area contributed by atoms with Crippen molar-refractivity contribution in [3.63, 3.8) is 0 Å². The van der Waals surface area contributed by atoms with Crippen LogP contribution in [0.1, 0.15) is 12.8 Å². The Hall–Kier alpha value is -1.62. The van der Waals surface area contributed by atoms with E-state index in [4.69, 9.17) is 14.2 Å². The molecule has 0 spiro atoms. The molecule has 1 aromatic rings. The van der Waals surface area contributed by atoms with Crippen molar-refractivity contribution >= 4 is 6.16 Å². The molecule has 0 atom stereocenters. The minimum atomic E-state index is -0.703. The average molecular weight is 223 g/mol. The molecule has 0 N–H and O–H groups in total. The zero-order chi connectivity index (χ0) is 11.2. The van der Waals surface area contributed by atoms with Crippen LogP contribution in [0.25, 0.3) is 0 Å². The first-order chi connectivity index (χ1) is 7.84. The van der Waals surface area contributed by atoms with Gasteiger partial charge < -0.3 is 14.2 Å². The summed E-state index contributed by atoms with van der Waals surface area (Å²) in [6.45, 7) is 1.25. The highest BCUT2D eigenvalue weighted by Crippen LogP contribution is 2.12. The lowest BCUT2D eigenvalue weighted by molar-refractivity contribution is -0.0132. The number of rotatable bonds is 2. The van der Waals surface area contributed by atoms with E-state index in [0.717, 1.165) is 12.8 Å². The van der Waals surface area contributed by atoms with Gasteiger partial charge in [-0.05, 0) is 6.07 Å². The van der Waals surface area contributed by atoms with Crippen LogP contribution in [0.2, 0.25) is 0 Å². The van der Waals surface area contributed by atoms with Crippen molar-refractivity contribution < 1.29 is 19.0 Å². The van der Waals surface area contributed by atoms with Gasteiger partial charge in [0.05, 0.1) is 13.2 Å². The lowest BCUT2D eigenvalue weighted by Gasteiger charge is -2.21. The Morgan fingerprint density at radius 1 is 1.38 bits per heavy atom. The third-order valence-electron chi connectivity index (χ3n) is 2.26. The Balaban J connectivity index is 1.80. The van der Waals surface area contributed by atoms with E-state index < -0.39 is 6.16 Å². The summed E-state index contributed by atoms with van der Waals surface area (Å²) in [7, 11) is 0. The molecule has 16 heavy (non-hydrogen) atoms. The third kappa shape index (κ3) is 3.20. The first-order valence-corrected chi connectivity index (χ1v) is 5.22. The predicted molar refractivity (Wildman–Crippen MR) is 55.2 cm³/mol. The van der Waals surface area contributed by atoms with Gasteiger partial charge in [0.2, 0.25) is 5.88 Å². The van der Waals surface area contributed by atoms with E-state index >= 15 is 0 Å². The summed E-state index contributed by atoms with van der Waals surface area (Å²) in [4.78, 5) is 15.2. The second-order valence-electron chi connectivity index (χ2n) is 3.45. The molecule has 0 radical (unpaired) electrons. The van der Waals surface area contributed by atoms with E-state index in [0.29, 0.717) is 13.2 Å². The Labute approximate surface area is 93.3 Å². The number of carbonyl (C=O) groups is 1. The van der Waals surface area contributed by atoms with Gasteiger partial charge in [-0.2, -0.15) is 0 Å². The SMILES string of the molecule is O=C(Oc1ccccn1)OC1CCOCC1. The molecule has 2 rings (SSSR count). The molecular formula is C11H13NO4. The van der Waals surface area contributed by atoms with Gasteiger partial charge in [-0.1, -0.05) is 6.07 Å². The lowest BCUT2D eigenvalue weighted by atomic mass is 10.2. The van der Waals surface area contributed by atoms with Gasteiger partial charge in [0.15, 0.2) is 0 Å². The summed E-state index contributed by atoms with van der Waals surface area (Å²) >= 11 is 0. The summed E-state index contributed by atoms with van der Waals surface area (Å²) in [6, 6.07) is 5.09. The first kappa shape index (κ1) is 10.9. The highest BCUT2D eigenvalue weighted by atomic mass is 16.7. The molecular weight excluding hydrogens is 210 g/mol. The van der Waals surface area contributed by atoms with Crippen molar-refractivity contribution in [1.29, 1.82) is 0 Å². The number of hydrogen-bond donors (Lipinski definition) is 0. The second kappa shape index (κ2) is 5.46. The molecule has 5 heteroatoms. The van der Waals surface area contributed by atoms with Gasteiger partial charge in [0, 0.05) is 25.1 Å². The smallest absolute Gasteiger partial charge is 0.430 e. The van der Waals surface area contributed by atoms with Crippen LogP contribution >= 0.6 is 0 Å². The van der Waals surface area contributed by atoms with Crippen molar-refractivity contribution in [2.45, 2.75) is 18.9 Å². The molecule has 1 saturated heterocycles. The fraction of sp³-hybridized carbons (Fsp3) is 0.455. The largest absolute Gasteiger partial charge is 0.515 e. The van der Waals surface area contributed by atoms with Gasteiger partial charge in [0.25, 0.3) is 0 Å². The summed E-state index contributed by atoms with van der Waals surface area (Å²) in [6.07, 6.45) is 2.18. The van der Waals surface area contributed by atoms with Crippen molar-refractivity contribution in [2.24, 2.45) is 0 Å². The van der Waals surface area contributed by atoms with Gasteiger partial charge >= 0.3 is 6.16 Å². The number of nitrogens with zero attached hydrogens (tertiary/aromatic N) is 1. The monoisotopic (exact) mass is 223 g/mol. The lowest BCUT2D eigenvalue weighted by Crippen LogP contribution is -2.27. The zero-order valence-electron chi connectivity index (χ0n) is 8.80. The molecule has 1 aliphatic heterocycles. The van der Waals surface area contributed by atoms with Gasteiger partial charge in [-0.15, -0.1) is 0 Å². The van der Waals surface area contributed by atoms with Crippen LogP contribution in [0.3, 0.4) is 0 Å². The van der Waals surface area contributed by atoms with Gasteiger partial charge in [-0.25, -0.2) is 9.78 Å². The van der Waals surface area contributed by atoms with E-state index in [1.165, 1.54) is 0 Å². The molecule has 2 heterocycles. The van der Waals surface area contributed by atoms with Crippen molar-refractivity contribution in [3.05, 3.63) is 24.4 Å². The van der Waals surface area contributed by atoms with Gasteiger partial charge in [0.1, 0.15) is 6.10 Å². The first-order valence-electron chi connectivity index (χ1n) is 5.22. The minimum absolute atomic E-state index is 0.107. The molecule has 0 saturated carbocycles. The van der Waals surface area contributed by atoms with E-state index in [9.17, 15) is 4.79 Å². The number of ether oxygens (including phenoxy) is 3. The maximum atomic E-state index is 11.4. The average Bonchev–Trinajstić information content (AvgIpc) is 2.31. The molecule has 0 bridgehead atoms. The summed E-state index contributed by atoms with van der Waals surface area (Å²) in [5, 5.41) is 0. The molecule has 86 valence electrons. The highest BCUT2D eigenvalue weighted by molar-refractivity contribution is 5.63. The van der Waals surface area contributed by atoms with Crippen LogP contribution < -0.4 is 4.74 Å². The van der Waals surface area contributed by atoms with E-state index in [-0.39, 0.29) is 12.0 Å². The molecule has 5 nitrogen and oxygen atoms in total. The number of aromatic nitrogens is 1. The molecule has 1 aliphatic rings. The van der Waals surface area contributed by atoms with E-state index in [1.54, 1.807) is 24.4 Å². The molecule has 0 amide bonds. The highest BCUT2D eigenvalue weighted by Gasteiger charge is 2.19. The number of pyridine rings is 1. The maximum Gasteiger partial charge on any atom is 0.515 e. The predicted octanol–water partition coefficient (Wildman–Crippen LogP) is 1.78. The van der Waals surface area contributed by atoms with Crippen LogP contribution in [0.5, 0.6) is 5.88 Å². The Morgan fingerprint density at radius 3 is 2.88 bits per heavy atom. The number of hydrogen-bond acceptors (Lipinski definition) is 5. The molecule has 1 fully saturated rings. The molecule has 0 unspecified atom stereocenters. The van der Waals surface area contributed by atoms with Crippen molar-refractivity contribution in [2.75, 3.05) is 13.2 Å². The molecule has 1 aromatic heterocycles. The number of carbonyl (C=O) groups excluding carboxylic acids is 1. The van der Waals surface area contributed by atoms with E-state index in [2.05, 4.69) is 4.98 Å². The normalized spacial score (nSPS) is 16.8. The summed E-state index contributed by atoms with van der Waals surface area (Å²) < 4.78 is 15.2. The van der Waals surface area contributed by atoms with Crippen LogP contribution in [-0.4, -0.2) is 30.5 Å². The maximum absolute atomic E-state index is 11.4. The quantitative estimate of drug-likeness (QED) is 0.715. The topological polar surface area (TPSA) is 57.7 Å². The van der Waals surface area contributed by atoms with E-state index in [1.807, 2.05) is 0 Å². The third-order valence-corrected chi connectivity index (χ3v) is 2.26. The molecule has 0 aromatic carbocycles. The van der Waals surface area contributed by atoms with Crippen LogP contribution in [0.15, 0.2) is 24.4 Å².